The highest BCUT2D eigenvalue weighted by Gasteiger charge is 2.23. The van der Waals surface area contributed by atoms with Crippen LogP contribution in [0.3, 0.4) is 0 Å². The lowest BCUT2D eigenvalue weighted by Gasteiger charge is -2.06. The molecule has 0 unspecified atom stereocenters. The number of nitrogens with zero attached hydrogens (tertiary/aromatic N) is 2. The van der Waals surface area contributed by atoms with Crippen molar-refractivity contribution >= 4 is 11.9 Å². The molecular weight excluding hydrogens is 324 g/mol. The molecule has 0 aliphatic heterocycles. The first-order valence-corrected chi connectivity index (χ1v) is 8.54. The van der Waals surface area contributed by atoms with Gasteiger partial charge in [0.2, 0.25) is 0 Å². The fraction of sp³-hybridized carbons (Fsp3) is 0.0909. The molecule has 3 aromatic rings. The lowest BCUT2D eigenvalue weighted by Crippen LogP contribution is -1.97. The summed E-state index contributed by atoms with van der Waals surface area (Å²) in [5, 5.41) is 18.9. The molecule has 0 heterocycles. The van der Waals surface area contributed by atoms with Crippen LogP contribution < -0.4 is 4.74 Å². The van der Waals surface area contributed by atoms with Crippen molar-refractivity contribution in [3.8, 4) is 22.6 Å². The SMILES string of the molecule is CCOc1cccc(/C=N/N=C2c3ccccc3-c3ccccc32)c1O. The van der Waals surface area contributed by atoms with Gasteiger partial charge in [-0.1, -0.05) is 54.6 Å². The van der Waals surface area contributed by atoms with Gasteiger partial charge < -0.3 is 9.84 Å². The van der Waals surface area contributed by atoms with Gasteiger partial charge in [0.05, 0.1) is 12.8 Å². The molecule has 0 bridgehead atoms. The van der Waals surface area contributed by atoms with E-state index in [4.69, 9.17) is 4.74 Å². The lowest BCUT2D eigenvalue weighted by atomic mass is 10.1. The number of phenols is 1. The van der Waals surface area contributed by atoms with Crippen LogP contribution in [-0.2, 0) is 0 Å². The van der Waals surface area contributed by atoms with Crippen LogP contribution in [0, 0.1) is 0 Å². The molecule has 0 radical (unpaired) electrons. The highest BCUT2D eigenvalue weighted by molar-refractivity contribution is 6.24. The van der Waals surface area contributed by atoms with Crippen molar-refractivity contribution in [1.82, 2.24) is 0 Å². The zero-order valence-corrected chi connectivity index (χ0v) is 14.4. The smallest absolute Gasteiger partial charge is 0.166 e. The van der Waals surface area contributed by atoms with Gasteiger partial charge in [0.1, 0.15) is 5.71 Å². The number of hydrogen-bond donors (Lipinski definition) is 1. The first-order chi connectivity index (χ1) is 12.8. The first kappa shape index (κ1) is 16.1. The van der Waals surface area contributed by atoms with Gasteiger partial charge in [-0.25, -0.2) is 0 Å². The Morgan fingerprint density at radius 3 is 2.08 bits per heavy atom. The summed E-state index contributed by atoms with van der Waals surface area (Å²) < 4.78 is 5.40. The van der Waals surface area contributed by atoms with Crippen LogP contribution in [0.2, 0.25) is 0 Å². The number of benzene rings is 3. The Morgan fingerprint density at radius 1 is 0.846 bits per heavy atom. The minimum atomic E-state index is 0.0746. The van der Waals surface area contributed by atoms with Crippen molar-refractivity contribution in [3.63, 3.8) is 0 Å². The Balaban J connectivity index is 1.72. The van der Waals surface area contributed by atoms with Gasteiger partial charge in [0.25, 0.3) is 0 Å². The molecule has 4 rings (SSSR count). The third kappa shape index (κ3) is 2.75. The molecule has 1 N–H and O–H groups in total. The molecule has 0 saturated heterocycles. The minimum Gasteiger partial charge on any atom is -0.504 e. The Morgan fingerprint density at radius 2 is 1.46 bits per heavy atom. The van der Waals surface area contributed by atoms with Crippen LogP contribution >= 0.6 is 0 Å². The second kappa shape index (κ2) is 6.84. The van der Waals surface area contributed by atoms with Crippen molar-refractivity contribution in [2.45, 2.75) is 6.92 Å². The van der Waals surface area contributed by atoms with Crippen LogP contribution in [0.1, 0.15) is 23.6 Å². The number of aromatic hydroxyl groups is 1. The Kier molecular flexibility index (Phi) is 4.23. The summed E-state index contributed by atoms with van der Waals surface area (Å²) in [6.45, 7) is 2.37. The minimum absolute atomic E-state index is 0.0746. The third-order valence-electron chi connectivity index (χ3n) is 4.34. The van der Waals surface area contributed by atoms with Gasteiger partial charge in [-0.15, -0.1) is 5.10 Å². The number of phenolic OH excluding ortho intramolecular Hbond substituents is 1. The van der Waals surface area contributed by atoms with Crippen LogP contribution in [0.5, 0.6) is 11.5 Å². The van der Waals surface area contributed by atoms with Crippen LogP contribution in [-0.4, -0.2) is 23.6 Å². The zero-order valence-electron chi connectivity index (χ0n) is 14.4. The summed E-state index contributed by atoms with van der Waals surface area (Å²) in [6.07, 6.45) is 1.55. The molecule has 128 valence electrons. The fourth-order valence-electron chi connectivity index (χ4n) is 3.17. The van der Waals surface area contributed by atoms with E-state index in [1.54, 1.807) is 18.3 Å². The fourth-order valence-corrected chi connectivity index (χ4v) is 3.17. The van der Waals surface area contributed by atoms with Gasteiger partial charge in [-0.05, 0) is 30.2 Å². The summed E-state index contributed by atoms with van der Waals surface area (Å²) >= 11 is 0. The van der Waals surface area contributed by atoms with Crippen LogP contribution in [0.25, 0.3) is 11.1 Å². The van der Waals surface area contributed by atoms with Crippen molar-refractivity contribution < 1.29 is 9.84 Å². The second-order valence-electron chi connectivity index (χ2n) is 5.91. The van der Waals surface area contributed by atoms with E-state index >= 15 is 0 Å². The van der Waals surface area contributed by atoms with Gasteiger partial charge in [-0.2, -0.15) is 5.10 Å². The first-order valence-electron chi connectivity index (χ1n) is 8.54. The van der Waals surface area contributed by atoms with Crippen molar-refractivity contribution in [2.75, 3.05) is 6.61 Å². The molecule has 1 aliphatic rings. The average molecular weight is 342 g/mol. The summed E-state index contributed by atoms with van der Waals surface area (Å²) in [7, 11) is 0. The van der Waals surface area contributed by atoms with E-state index in [2.05, 4.69) is 34.5 Å². The maximum atomic E-state index is 10.3. The average Bonchev–Trinajstić information content (AvgIpc) is 2.99. The molecule has 0 aromatic heterocycles. The van der Waals surface area contributed by atoms with Crippen molar-refractivity contribution in [1.29, 1.82) is 0 Å². The molecule has 26 heavy (non-hydrogen) atoms. The summed E-state index contributed by atoms with van der Waals surface area (Å²) in [4.78, 5) is 0. The molecular formula is C22H18N2O2. The number of ether oxygens (including phenoxy) is 1. The topological polar surface area (TPSA) is 54.2 Å². The standard InChI is InChI=1S/C22H18N2O2/c1-2-26-20-13-7-8-15(22(20)25)14-23-24-21-18-11-5-3-9-16(18)17-10-4-6-12-19(17)21/h3-14,25H,2H2,1H3/b23-14+. The zero-order chi connectivity index (χ0) is 17.9. The van der Waals surface area contributed by atoms with Gasteiger partial charge in [0.15, 0.2) is 11.5 Å². The predicted octanol–water partition coefficient (Wildman–Crippen LogP) is 4.64. The number of rotatable bonds is 4. The molecule has 0 amide bonds. The normalized spacial score (nSPS) is 12.1. The van der Waals surface area contributed by atoms with Gasteiger partial charge in [0, 0.05) is 16.7 Å². The molecule has 0 atom stereocenters. The maximum absolute atomic E-state index is 10.3. The van der Waals surface area contributed by atoms with E-state index in [0.717, 1.165) is 16.8 Å². The highest BCUT2D eigenvalue weighted by Crippen LogP contribution is 2.36. The Hall–Kier alpha value is -3.40. The Labute approximate surface area is 152 Å². The lowest BCUT2D eigenvalue weighted by molar-refractivity contribution is 0.318. The van der Waals surface area contributed by atoms with E-state index in [0.29, 0.717) is 17.9 Å². The number of hydrogen-bond acceptors (Lipinski definition) is 4. The monoisotopic (exact) mass is 342 g/mol. The summed E-state index contributed by atoms with van der Waals surface area (Å²) in [5.41, 5.74) is 5.88. The predicted molar refractivity (Wildman–Crippen MR) is 104 cm³/mol. The largest absolute Gasteiger partial charge is 0.504 e. The molecule has 4 nitrogen and oxygen atoms in total. The van der Waals surface area contributed by atoms with E-state index in [1.807, 2.05) is 37.3 Å². The van der Waals surface area contributed by atoms with E-state index in [-0.39, 0.29) is 5.75 Å². The molecule has 0 saturated carbocycles. The molecule has 4 heteroatoms. The van der Waals surface area contributed by atoms with E-state index in [1.165, 1.54) is 11.1 Å². The van der Waals surface area contributed by atoms with Crippen LogP contribution in [0.15, 0.2) is 76.9 Å². The van der Waals surface area contributed by atoms with Crippen molar-refractivity contribution in [2.24, 2.45) is 10.2 Å². The Bertz CT molecular complexity index is 975. The van der Waals surface area contributed by atoms with Crippen LogP contribution in [0.4, 0.5) is 0 Å². The molecule has 0 fully saturated rings. The highest BCUT2D eigenvalue weighted by atomic mass is 16.5. The van der Waals surface area contributed by atoms with Crippen molar-refractivity contribution in [3.05, 3.63) is 83.4 Å². The quantitative estimate of drug-likeness (QED) is 0.434. The molecule has 1 aliphatic carbocycles. The van der Waals surface area contributed by atoms with Gasteiger partial charge >= 0.3 is 0 Å². The molecule has 0 spiro atoms. The number of fused-ring (bicyclic) bond motifs is 3. The summed E-state index contributed by atoms with van der Waals surface area (Å²) in [5.74, 6) is 0.520. The number of para-hydroxylation sites is 1. The van der Waals surface area contributed by atoms with Gasteiger partial charge in [-0.3, -0.25) is 0 Å². The maximum Gasteiger partial charge on any atom is 0.166 e. The third-order valence-corrected chi connectivity index (χ3v) is 4.34. The molecule has 3 aromatic carbocycles. The second-order valence-corrected chi connectivity index (χ2v) is 5.91. The van der Waals surface area contributed by atoms with E-state index < -0.39 is 0 Å². The van der Waals surface area contributed by atoms with E-state index in [9.17, 15) is 5.11 Å². The summed E-state index contributed by atoms with van der Waals surface area (Å²) in [6, 6.07) is 21.7.